The lowest BCUT2D eigenvalue weighted by atomic mass is 9.90. The van der Waals surface area contributed by atoms with Crippen LogP contribution >= 0.6 is 0 Å². The van der Waals surface area contributed by atoms with Crippen molar-refractivity contribution < 1.29 is 29.3 Å². The first-order valence-electron chi connectivity index (χ1n) is 17.5. The van der Waals surface area contributed by atoms with Gasteiger partial charge in [0.1, 0.15) is 37.0 Å². The molecule has 0 spiro atoms. The van der Waals surface area contributed by atoms with Gasteiger partial charge in [0, 0.05) is 25.7 Å². The number of carbonyl (C=O) groups excluding carboxylic acids is 2. The summed E-state index contributed by atoms with van der Waals surface area (Å²) in [5.41, 5.74) is 15.1. The summed E-state index contributed by atoms with van der Waals surface area (Å²) < 4.78 is 10.9. The quantitative estimate of drug-likeness (QED) is 0.177. The Morgan fingerprint density at radius 1 is 0.808 bits per heavy atom. The number of aliphatic hydroxyl groups excluding tert-OH is 2. The van der Waals surface area contributed by atoms with Crippen LogP contribution in [-0.2, 0) is 6.42 Å². The maximum absolute atomic E-state index is 12.6. The highest BCUT2D eigenvalue weighted by atomic mass is 16.5. The number of nitrogens with two attached hydrogens (primary N) is 1. The van der Waals surface area contributed by atoms with E-state index >= 15 is 0 Å². The first-order valence-corrected chi connectivity index (χ1v) is 17.5. The van der Waals surface area contributed by atoms with Gasteiger partial charge in [0.25, 0.3) is 11.8 Å². The number of benzene rings is 4. The van der Waals surface area contributed by atoms with Gasteiger partial charge in [-0.3, -0.25) is 9.59 Å². The number of para-hydroxylation sites is 2. The van der Waals surface area contributed by atoms with Gasteiger partial charge in [0.05, 0.1) is 35.7 Å². The van der Waals surface area contributed by atoms with Crippen molar-refractivity contribution in [2.75, 3.05) is 49.3 Å². The Morgan fingerprint density at radius 2 is 1.42 bits per heavy atom. The van der Waals surface area contributed by atoms with Crippen LogP contribution < -0.4 is 35.6 Å². The molecule has 0 bridgehead atoms. The molecule has 4 heterocycles. The highest BCUT2D eigenvalue weighted by Crippen LogP contribution is 2.43. The van der Waals surface area contributed by atoms with E-state index in [1.165, 1.54) is 5.56 Å². The molecule has 270 valence electrons. The summed E-state index contributed by atoms with van der Waals surface area (Å²) in [4.78, 5) is 29.7. The summed E-state index contributed by atoms with van der Waals surface area (Å²) in [6.07, 6.45) is 2.57. The number of nitriles is 1. The number of aliphatic hydroxyl groups is 2. The lowest BCUT2D eigenvalue weighted by Gasteiger charge is -2.44. The van der Waals surface area contributed by atoms with E-state index in [4.69, 9.17) is 30.7 Å². The predicted octanol–water partition coefficient (Wildman–Crippen LogP) is 4.41. The van der Waals surface area contributed by atoms with Crippen LogP contribution in [0, 0.1) is 18.8 Å². The van der Waals surface area contributed by atoms with E-state index in [9.17, 15) is 9.59 Å². The van der Waals surface area contributed by atoms with Gasteiger partial charge in [-0.25, -0.2) is 5.26 Å². The molecule has 0 radical (unpaired) electrons. The summed E-state index contributed by atoms with van der Waals surface area (Å²) in [5, 5.41) is 30.5. The third kappa shape index (κ3) is 7.11. The molecule has 4 aliphatic heterocycles. The van der Waals surface area contributed by atoms with E-state index < -0.39 is 0 Å². The summed E-state index contributed by atoms with van der Waals surface area (Å²) in [7, 11) is 0. The van der Waals surface area contributed by atoms with Crippen molar-refractivity contribution in [1.82, 2.24) is 10.6 Å². The smallest absolute Gasteiger partial charge is 0.255 e. The summed E-state index contributed by atoms with van der Waals surface area (Å²) in [6, 6.07) is 25.3. The highest BCUT2D eigenvalue weighted by Gasteiger charge is 2.37. The molecule has 3 atom stereocenters. The Labute approximate surface area is 303 Å². The van der Waals surface area contributed by atoms with Gasteiger partial charge in [-0.05, 0) is 90.4 Å². The van der Waals surface area contributed by atoms with Gasteiger partial charge in [0.2, 0.25) is 0 Å². The average molecular weight is 705 g/mol. The minimum absolute atomic E-state index is 0.00673. The van der Waals surface area contributed by atoms with Crippen LogP contribution in [0.2, 0.25) is 0 Å². The zero-order valence-electron chi connectivity index (χ0n) is 29.1. The van der Waals surface area contributed by atoms with Crippen LogP contribution in [0.4, 0.5) is 11.4 Å². The van der Waals surface area contributed by atoms with Crippen LogP contribution in [0.15, 0.2) is 78.9 Å². The fraction of sp³-hybridized carbons (Fsp3) is 0.325. The van der Waals surface area contributed by atoms with Gasteiger partial charge >= 0.3 is 0 Å². The van der Waals surface area contributed by atoms with Crippen molar-refractivity contribution in [2.24, 2.45) is 5.73 Å². The normalized spacial score (nSPS) is 19.3. The minimum atomic E-state index is -0.222. The number of anilines is 2. The van der Waals surface area contributed by atoms with Gasteiger partial charge in [0.15, 0.2) is 0 Å². The summed E-state index contributed by atoms with van der Waals surface area (Å²) in [5.74, 6) is 1.37. The van der Waals surface area contributed by atoms with E-state index in [-0.39, 0.29) is 56.6 Å². The number of ether oxygens (including phenoxy) is 2. The third-order valence-corrected chi connectivity index (χ3v) is 9.75. The SMILES string of the molecule is C#N.Cc1cc([C@@H]2NC(=O)c3cccc4c3N2CCC4)ccc1OCCO.N[C@H]1CCN2c3c(cccc31)C(=O)N[C@@H]2c1ccc(OCCO)cc1. The van der Waals surface area contributed by atoms with E-state index in [0.717, 1.165) is 77.3 Å². The number of amides is 2. The van der Waals surface area contributed by atoms with Gasteiger partial charge in [-0.1, -0.05) is 42.5 Å². The molecule has 0 fully saturated rings. The molecule has 4 aliphatic rings. The van der Waals surface area contributed by atoms with Crippen LogP contribution in [0.3, 0.4) is 0 Å². The largest absolute Gasteiger partial charge is 0.491 e. The zero-order valence-corrected chi connectivity index (χ0v) is 29.1. The maximum atomic E-state index is 12.6. The number of rotatable bonds is 8. The Bertz CT molecular complexity index is 1930. The van der Waals surface area contributed by atoms with Crippen molar-refractivity contribution in [3.05, 3.63) is 118 Å². The number of aryl methyl sites for hydroxylation is 2. The Kier molecular flexibility index (Phi) is 11.2. The number of nitrogens with zero attached hydrogens (tertiary/aromatic N) is 3. The Hall–Kier alpha value is -5.61. The first-order chi connectivity index (χ1) is 25.4. The Balaban J connectivity index is 0.000000171. The molecule has 8 rings (SSSR count). The second kappa shape index (κ2) is 16.2. The molecule has 0 unspecified atom stereocenters. The molecule has 4 aromatic rings. The lowest BCUT2D eigenvalue weighted by molar-refractivity contribution is 0.0917. The molecule has 12 heteroatoms. The number of hydrogen-bond donors (Lipinski definition) is 5. The van der Waals surface area contributed by atoms with E-state index in [2.05, 4.69) is 39.1 Å². The molecule has 6 N–H and O–H groups in total. The van der Waals surface area contributed by atoms with Crippen LogP contribution in [0.1, 0.15) is 79.7 Å². The van der Waals surface area contributed by atoms with Gasteiger partial charge < -0.3 is 45.9 Å². The van der Waals surface area contributed by atoms with Crippen molar-refractivity contribution in [2.45, 2.75) is 44.6 Å². The van der Waals surface area contributed by atoms with Crippen LogP contribution in [0.5, 0.6) is 11.5 Å². The molecular formula is C40H44N6O6. The summed E-state index contributed by atoms with van der Waals surface area (Å²) in [6.45, 7) is 7.72. The van der Waals surface area contributed by atoms with Gasteiger partial charge in [-0.2, -0.15) is 0 Å². The van der Waals surface area contributed by atoms with Crippen LogP contribution in [0.25, 0.3) is 0 Å². The molecule has 0 aromatic heterocycles. The molecule has 52 heavy (non-hydrogen) atoms. The standard InChI is InChI=1S/C20H22N2O3.C19H21N3O3.CHN/c1-13-12-15(7-8-17(13)25-11-10-23)19-21-20(24)16-6-2-4-14-5-3-9-22(19)18(14)16;20-16-8-9-22-17-14(16)2-1-3-15(17)19(24)21-18(22)12-4-6-13(7-5-12)25-11-10-23;1-2/h2,4,6-8,12,19,23H,3,5,9-11H2,1H3,(H,21,24);1-7,16,18,23H,8-11,20H2,(H,21,24);1H/t19-;16-,18-;/m10./s1. The van der Waals surface area contributed by atoms with Crippen molar-refractivity contribution in [3.8, 4) is 18.1 Å². The molecule has 0 saturated carbocycles. The number of carbonyl (C=O) groups is 2. The fourth-order valence-electron chi connectivity index (χ4n) is 7.45. The molecule has 0 saturated heterocycles. The molecule has 0 aliphatic carbocycles. The van der Waals surface area contributed by atoms with E-state index in [1.807, 2.05) is 73.7 Å². The minimum Gasteiger partial charge on any atom is -0.491 e. The topological polar surface area (TPSA) is 173 Å². The maximum Gasteiger partial charge on any atom is 0.255 e. The zero-order chi connectivity index (χ0) is 36.8. The lowest BCUT2D eigenvalue weighted by Crippen LogP contribution is -2.49. The predicted molar refractivity (Wildman–Crippen MR) is 197 cm³/mol. The van der Waals surface area contributed by atoms with Crippen molar-refractivity contribution in [3.63, 3.8) is 0 Å². The van der Waals surface area contributed by atoms with Gasteiger partial charge in [-0.15, -0.1) is 0 Å². The molecule has 12 nitrogen and oxygen atoms in total. The van der Waals surface area contributed by atoms with Crippen molar-refractivity contribution in [1.29, 1.82) is 5.26 Å². The first kappa shape index (κ1) is 36.2. The third-order valence-electron chi connectivity index (χ3n) is 9.75. The van der Waals surface area contributed by atoms with Crippen molar-refractivity contribution >= 4 is 23.2 Å². The van der Waals surface area contributed by atoms with Crippen LogP contribution in [-0.4, -0.2) is 61.5 Å². The number of nitrogens with one attached hydrogen (secondary N) is 2. The second-order valence-corrected chi connectivity index (χ2v) is 12.9. The monoisotopic (exact) mass is 704 g/mol. The molecule has 2 amide bonds. The second-order valence-electron chi connectivity index (χ2n) is 12.9. The van der Waals surface area contributed by atoms with E-state index in [0.29, 0.717) is 11.3 Å². The summed E-state index contributed by atoms with van der Waals surface area (Å²) >= 11 is 0. The highest BCUT2D eigenvalue weighted by molar-refractivity contribution is 6.04. The van der Waals surface area contributed by atoms with E-state index in [1.54, 1.807) is 0 Å². The average Bonchev–Trinajstić information content (AvgIpc) is 3.18. The number of hydrogen-bond acceptors (Lipinski definition) is 10. The Morgan fingerprint density at radius 3 is 2.12 bits per heavy atom. The fourth-order valence-corrected chi connectivity index (χ4v) is 7.45. The molecule has 4 aromatic carbocycles. The molecular weight excluding hydrogens is 660 g/mol.